The van der Waals surface area contributed by atoms with Crippen LogP contribution >= 0.6 is 34.8 Å². The highest BCUT2D eigenvalue weighted by Gasteiger charge is 2.30. The van der Waals surface area contributed by atoms with E-state index in [4.69, 9.17) is 34.8 Å². The Morgan fingerprint density at radius 2 is 1.03 bits per heavy atom. The maximum atomic E-state index is 13.2. The molecule has 8 heteroatoms. The molecule has 4 amide bonds. The number of nitrogens with one attached hydrogen (secondary N) is 2. The van der Waals surface area contributed by atoms with Gasteiger partial charge in [0.25, 0.3) is 0 Å². The largest absolute Gasteiger partial charge is 0.334 e. The van der Waals surface area contributed by atoms with Crippen molar-refractivity contribution in [2.75, 3.05) is 15.5 Å². The number of urea groups is 2. The van der Waals surface area contributed by atoms with E-state index in [0.717, 1.165) is 4.90 Å². The molecule has 0 aliphatic heterocycles. The first kappa shape index (κ1) is 22.0. The average molecular weight is 463 g/mol. The molecule has 0 aliphatic carbocycles. The Hall–Kier alpha value is -2.73. The molecule has 0 saturated heterocycles. The lowest BCUT2D eigenvalue weighted by molar-refractivity contribution is 0.246. The smallest absolute Gasteiger partial charge is 0.307 e. The molecular formula is C22H18Cl3N3O2. The Bertz CT molecular complexity index is 1010. The van der Waals surface area contributed by atoms with Crippen LogP contribution < -0.4 is 15.5 Å². The summed E-state index contributed by atoms with van der Waals surface area (Å²) in [6, 6.07) is 16.3. The average Bonchev–Trinajstić information content (AvgIpc) is 2.75. The van der Waals surface area contributed by atoms with Gasteiger partial charge in [-0.3, -0.25) is 0 Å². The molecule has 3 aromatic carbocycles. The van der Waals surface area contributed by atoms with E-state index in [0.29, 0.717) is 22.5 Å². The van der Waals surface area contributed by atoms with Crippen molar-refractivity contribution in [1.29, 1.82) is 0 Å². The molecule has 0 spiro atoms. The normalized spacial score (nSPS) is 10.4. The SMILES string of the molecule is Cc1c(Cl)c(Cl)c(Cl)c(C)c1N(C(=O)Nc1ccccc1)C(=O)Nc1ccccc1. The highest BCUT2D eigenvalue weighted by molar-refractivity contribution is 6.49. The van der Waals surface area contributed by atoms with Crippen molar-refractivity contribution >= 4 is 63.9 Å². The van der Waals surface area contributed by atoms with Gasteiger partial charge in [-0.15, -0.1) is 0 Å². The van der Waals surface area contributed by atoms with Crippen LogP contribution in [-0.4, -0.2) is 12.1 Å². The van der Waals surface area contributed by atoms with Crippen LogP contribution in [0.25, 0.3) is 0 Å². The van der Waals surface area contributed by atoms with Crippen molar-refractivity contribution in [2.45, 2.75) is 13.8 Å². The quantitative estimate of drug-likeness (QED) is 0.395. The second-order valence-electron chi connectivity index (χ2n) is 6.47. The van der Waals surface area contributed by atoms with E-state index in [2.05, 4.69) is 10.6 Å². The molecule has 0 saturated carbocycles. The zero-order valence-electron chi connectivity index (χ0n) is 16.2. The minimum Gasteiger partial charge on any atom is -0.307 e. The van der Waals surface area contributed by atoms with Gasteiger partial charge in [0.05, 0.1) is 20.8 Å². The lowest BCUT2D eigenvalue weighted by Crippen LogP contribution is -2.43. The Labute approximate surface area is 189 Å². The summed E-state index contributed by atoms with van der Waals surface area (Å²) in [5, 5.41) is 5.96. The van der Waals surface area contributed by atoms with E-state index in [9.17, 15) is 9.59 Å². The van der Waals surface area contributed by atoms with Gasteiger partial charge in [-0.05, 0) is 49.2 Å². The fourth-order valence-electron chi connectivity index (χ4n) is 2.95. The first-order valence-corrected chi connectivity index (χ1v) is 10.1. The minimum absolute atomic E-state index is 0.170. The van der Waals surface area contributed by atoms with Crippen molar-refractivity contribution in [3.63, 3.8) is 0 Å². The Morgan fingerprint density at radius 3 is 1.40 bits per heavy atom. The van der Waals surface area contributed by atoms with Crippen LogP contribution in [0.4, 0.5) is 26.7 Å². The molecule has 154 valence electrons. The molecular weight excluding hydrogens is 445 g/mol. The molecule has 0 aromatic heterocycles. The second kappa shape index (κ2) is 9.39. The third-order valence-corrected chi connectivity index (χ3v) is 5.95. The number of hydrogen-bond donors (Lipinski definition) is 2. The molecule has 0 heterocycles. The standard InChI is InChI=1S/C22H18Cl3N3O2/c1-13-17(23)19(25)18(24)14(2)20(13)28(21(29)26-15-9-5-3-6-10-15)22(30)27-16-11-7-4-8-12-16/h3-12H,1-2H3,(H,26,29)(H,27,30). The summed E-state index contributed by atoms with van der Waals surface area (Å²) in [4.78, 5) is 27.4. The number of carbonyl (C=O) groups excluding carboxylic acids is 2. The van der Waals surface area contributed by atoms with Crippen LogP contribution in [0, 0.1) is 13.8 Å². The number of hydrogen-bond acceptors (Lipinski definition) is 2. The fourth-order valence-corrected chi connectivity index (χ4v) is 3.65. The fraction of sp³-hybridized carbons (Fsp3) is 0.0909. The molecule has 0 radical (unpaired) electrons. The number of nitrogens with zero attached hydrogens (tertiary/aromatic N) is 1. The van der Waals surface area contributed by atoms with Gasteiger partial charge in [0, 0.05) is 11.4 Å². The number of halogens is 3. The Balaban J connectivity index is 2.08. The number of anilines is 3. The summed E-state index contributed by atoms with van der Waals surface area (Å²) >= 11 is 18.9. The van der Waals surface area contributed by atoms with Crippen molar-refractivity contribution in [1.82, 2.24) is 0 Å². The van der Waals surface area contributed by atoms with E-state index in [1.54, 1.807) is 62.4 Å². The first-order valence-electron chi connectivity index (χ1n) is 8.97. The summed E-state index contributed by atoms with van der Waals surface area (Å²) in [7, 11) is 0. The van der Waals surface area contributed by atoms with Crippen LogP contribution in [-0.2, 0) is 0 Å². The summed E-state index contributed by atoms with van der Waals surface area (Å²) < 4.78 is 0. The summed E-state index contributed by atoms with van der Waals surface area (Å²) in [6.45, 7) is 3.34. The molecule has 0 atom stereocenters. The van der Waals surface area contributed by atoms with Crippen LogP contribution in [0.1, 0.15) is 11.1 Å². The highest BCUT2D eigenvalue weighted by atomic mass is 35.5. The highest BCUT2D eigenvalue weighted by Crippen LogP contribution is 2.42. The minimum atomic E-state index is -0.671. The first-order chi connectivity index (χ1) is 14.3. The zero-order chi connectivity index (χ0) is 21.8. The lowest BCUT2D eigenvalue weighted by Gasteiger charge is -2.26. The molecule has 0 bridgehead atoms. The summed E-state index contributed by atoms with van der Waals surface area (Å²) in [6.07, 6.45) is 0. The Morgan fingerprint density at radius 1 is 0.667 bits per heavy atom. The van der Waals surface area contributed by atoms with Gasteiger partial charge in [0.2, 0.25) is 0 Å². The topological polar surface area (TPSA) is 61.4 Å². The zero-order valence-corrected chi connectivity index (χ0v) is 18.4. The number of rotatable bonds is 3. The van der Waals surface area contributed by atoms with E-state index in [-0.39, 0.29) is 20.8 Å². The molecule has 3 rings (SSSR count). The van der Waals surface area contributed by atoms with Crippen molar-refractivity contribution in [3.8, 4) is 0 Å². The van der Waals surface area contributed by atoms with Gasteiger partial charge in [-0.25, -0.2) is 14.5 Å². The van der Waals surface area contributed by atoms with Gasteiger partial charge in [-0.1, -0.05) is 71.2 Å². The van der Waals surface area contributed by atoms with Crippen LogP contribution in [0.15, 0.2) is 60.7 Å². The van der Waals surface area contributed by atoms with Gasteiger partial charge >= 0.3 is 12.1 Å². The van der Waals surface area contributed by atoms with E-state index in [1.807, 2.05) is 12.1 Å². The number of amides is 4. The summed E-state index contributed by atoms with van der Waals surface area (Å²) in [5.41, 5.74) is 2.23. The van der Waals surface area contributed by atoms with Crippen LogP contribution in [0.2, 0.25) is 15.1 Å². The Kier molecular flexibility index (Phi) is 6.87. The van der Waals surface area contributed by atoms with Crippen molar-refractivity contribution in [3.05, 3.63) is 86.9 Å². The lowest BCUT2D eigenvalue weighted by atomic mass is 10.1. The van der Waals surface area contributed by atoms with Crippen LogP contribution in [0.5, 0.6) is 0 Å². The second-order valence-corrected chi connectivity index (χ2v) is 7.60. The van der Waals surface area contributed by atoms with E-state index < -0.39 is 12.1 Å². The van der Waals surface area contributed by atoms with Gasteiger partial charge in [0.1, 0.15) is 0 Å². The number of carbonyl (C=O) groups is 2. The third kappa shape index (κ3) is 4.54. The predicted octanol–water partition coefficient (Wildman–Crippen LogP) is 7.53. The van der Waals surface area contributed by atoms with Crippen molar-refractivity contribution in [2.24, 2.45) is 0 Å². The molecule has 3 aromatic rings. The maximum Gasteiger partial charge on any atom is 0.334 e. The predicted molar refractivity (Wildman–Crippen MR) is 124 cm³/mol. The van der Waals surface area contributed by atoms with Crippen LogP contribution in [0.3, 0.4) is 0 Å². The summed E-state index contributed by atoms with van der Waals surface area (Å²) in [5.74, 6) is 0. The molecule has 2 N–H and O–H groups in total. The molecule has 0 unspecified atom stereocenters. The monoisotopic (exact) mass is 461 g/mol. The molecule has 30 heavy (non-hydrogen) atoms. The number of imide groups is 1. The molecule has 5 nitrogen and oxygen atoms in total. The van der Waals surface area contributed by atoms with Gasteiger partial charge in [-0.2, -0.15) is 0 Å². The number of benzene rings is 3. The van der Waals surface area contributed by atoms with E-state index in [1.165, 1.54) is 0 Å². The molecule has 0 aliphatic rings. The van der Waals surface area contributed by atoms with Gasteiger partial charge < -0.3 is 10.6 Å². The van der Waals surface area contributed by atoms with Gasteiger partial charge in [0.15, 0.2) is 0 Å². The maximum absolute atomic E-state index is 13.2. The number of para-hydroxylation sites is 2. The van der Waals surface area contributed by atoms with E-state index >= 15 is 0 Å². The van der Waals surface area contributed by atoms with Crippen molar-refractivity contribution < 1.29 is 9.59 Å². The third-order valence-electron chi connectivity index (χ3n) is 4.43. The molecule has 0 fully saturated rings.